The maximum absolute atomic E-state index is 5.61. The normalized spacial score (nSPS) is 10.8. The molecule has 0 aromatic carbocycles. The molecule has 10 heavy (non-hydrogen) atoms. The molecule has 1 nitrogen and oxygen atoms in total. The fraction of sp³-hybridized carbons (Fsp3) is 0.429. The van der Waals surface area contributed by atoms with Crippen molar-refractivity contribution < 1.29 is 0 Å². The van der Waals surface area contributed by atoms with Gasteiger partial charge in [-0.1, -0.05) is 13.8 Å². The zero-order chi connectivity index (χ0) is 7.72. The van der Waals surface area contributed by atoms with Crippen LogP contribution in [-0.4, -0.2) is 0 Å². The van der Waals surface area contributed by atoms with Crippen LogP contribution in [0.25, 0.3) is 0 Å². The number of thiophene rings is 1. The molecule has 0 aliphatic heterocycles. The Morgan fingerprint density at radius 1 is 1.60 bits per heavy atom. The molecule has 0 amide bonds. The molecule has 3 heteroatoms. The van der Waals surface area contributed by atoms with Crippen molar-refractivity contribution in [2.45, 2.75) is 19.8 Å². The smallest absolute Gasteiger partial charge is 0.0871 e. The number of hydrogen-bond donors (Lipinski definition) is 1. The van der Waals surface area contributed by atoms with Crippen molar-refractivity contribution in [3.8, 4) is 0 Å². The molecule has 1 aromatic rings. The van der Waals surface area contributed by atoms with Gasteiger partial charge in [0.2, 0.25) is 0 Å². The maximum atomic E-state index is 5.61. The Morgan fingerprint density at radius 2 is 2.20 bits per heavy atom. The van der Waals surface area contributed by atoms with Crippen LogP contribution in [0.3, 0.4) is 0 Å². The van der Waals surface area contributed by atoms with Crippen LogP contribution in [0.15, 0.2) is 9.85 Å². The minimum Gasteiger partial charge on any atom is -0.391 e. The summed E-state index contributed by atoms with van der Waals surface area (Å²) in [7, 11) is 0. The van der Waals surface area contributed by atoms with Gasteiger partial charge >= 0.3 is 0 Å². The molecule has 0 saturated heterocycles. The molecule has 0 aliphatic carbocycles. The first-order valence-corrected chi connectivity index (χ1v) is 4.77. The first-order valence-electron chi connectivity index (χ1n) is 3.16. The summed E-state index contributed by atoms with van der Waals surface area (Å²) in [6.07, 6.45) is 0. The van der Waals surface area contributed by atoms with E-state index in [1.54, 1.807) is 11.3 Å². The fourth-order valence-corrected chi connectivity index (χ4v) is 2.73. The first-order chi connectivity index (χ1) is 4.61. The summed E-state index contributed by atoms with van der Waals surface area (Å²) in [5, 5.41) is 0.885. The van der Waals surface area contributed by atoms with Crippen LogP contribution in [0.5, 0.6) is 0 Å². The third-order valence-electron chi connectivity index (χ3n) is 1.35. The number of nitrogens with two attached hydrogens (primary N) is 1. The van der Waals surface area contributed by atoms with E-state index in [0.717, 1.165) is 5.00 Å². The van der Waals surface area contributed by atoms with E-state index in [1.165, 1.54) is 9.35 Å². The van der Waals surface area contributed by atoms with Gasteiger partial charge in [-0.3, -0.25) is 0 Å². The van der Waals surface area contributed by atoms with Crippen LogP contribution in [-0.2, 0) is 0 Å². The molecule has 2 N–H and O–H groups in total. The summed E-state index contributed by atoms with van der Waals surface area (Å²) in [4.78, 5) is 0. The van der Waals surface area contributed by atoms with Crippen molar-refractivity contribution in [2.75, 3.05) is 5.73 Å². The molecular weight excluding hydrogens is 210 g/mol. The molecule has 1 aromatic heterocycles. The molecule has 0 fully saturated rings. The average Bonchev–Trinajstić information content (AvgIpc) is 2.10. The summed E-state index contributed by atoms with van der Waals surface area (Å²) < 4.78 is 1.17. The molecule has 0 saturated carbocycles. The van der Waals surface area contributed by atoms with E-state index in [4.69, 9.17) is 5.73 Å². The zero-order valence-corrected chi connectivity index (χ0v) is 8.42. The van der Waals surface area contributed by atoms with E-state index >= 15 is 0 Å². The Labute approximate surface area is 73.4 Å². The van der Waals surface area contributed by atoms with Crippen molar-refractivity contribution in [3.63, 3.8) is 0 Å². The molecule has 1 heterocycles. The van der Waals surface area contributed by atoms with Gasteiger partial charge in [0.15, 0.2) is 0 Å². The summed E-state index contributed by atoms with van der Waals surface area (Å²) in [5.74, 6) is 0.558. The minimum atomic E-state index is 0.558. The molecule has 0 unspecified atom stereocenters. The summed E-state index contributed by atoms with van der Waals surface area (Å²) in [6, 6.07) is 2.03. The predicted octanol–water partition coefficient (Wildman–Crippen LogP) is 3.22. The largest absolute Gasteiger partial charge is 0.391 e. The van der Waals surface area contributed by atoms with Crippen LogP contribution in [0.2, 0.25) is 0 Å². The van der Waals surface area contributed by atoms with Gasteiger partial charge in [0.05, 0.1) is 8.79 Å². The summed E-state index contributed by atoms with van der Waals surface area (Å²) in [6.45, 7) is 4.32. The van der Waals surface area contributed by atoms with Gasteiger partial charge in [0.1, 0.15) is 0 Å². The molecule has 0 radical (unpaired) electrons. The van der Waals surface area contributed by atoms with Gasteiger partial charge in [0.25, 0.3) is 0 Å². The van der Waals surface area contributed by atoms with E-state index in [9.17, 15) is 0 Å². The van der Waals surface area contributed by atoms with Gasteiger partial charge in [-0.25, -0.2) is 0 Å². The second-order valence-electron chi connectivity index (χ2n) is 2.53. The van der Waals surface area contributed by atoms with Gasteiger partial charge in [0, 0.05) is 0 Å². The standard InChI is InChI=1S/C7H10BrNS/c1-4(2)5-3-6(9)10-7(5)8/h3-4H,9H2,1-2H3. The Balaban J connectivity index is 3.03. The lowest BCUT2D eigenvalue weighted by Gasteiger charge is -1.99. The number of halogens is 1. The van der Waals surface area contributed by atoms with Crippen LogP contribution in [0, 0.1) is 0 Å². The van der Waals surface area contributed by atoms with Crippen molar-refractivity contribution in [2.24, 2.45) is 0 Å². The Bertz CT molecular complexity index is 230. The number of nitrogen functional groups attached to an aromatic ring is 1. The molecule has 0 spiro atoms. The van der Waals surface area contributed by atoms with Crippen LogP contribution in [0.4, 0.5) is 5.00 Å². The highest BCUT2D eigenvalue weighted by Crippen LogP contribution is 2.34. The Hall–Kier alpha value is -0.0200. The Kier molecular flexibility index (Phi) is 2.36. The van der Waals surface area contributed by atoms with E-state index in [-0.39, 0.29) is 0 Å². The third kappa shape index (κ3) is 1.52. The molecule has 0 aliphatic rings. The van der Waals surface area contributed by atoms with E-state index < -0.39 is 0 Å². The van der Waals surface area contributed by atoms with Gasteiger partial charge in [-0.15, -0.1) is 11.3 Å². The summed E-state index contributed by atoms with van der Waals surface area (Å²) >= 11 is 5.05. The van der Waals surface area contributed by atoms with Crippen LogP contribution >= 0.6 is 27.3 Å². The Morgan fingerprint density at radius 3 is 2.40 bits per heavy atom. The van der Waals surface area contributed by atoms with E-state index in [2.05, 4.69) is 29.8 Å². The molecule has 0 bridgehead atoms. The lowest BCUT2D eigenvalue weighted by Crippen LogP contribution is -1.83. The van der Waals surface area contributed by atoms with Crippen LogP contribution in [0.1, 0.15) is 25.3 Å². The summed E-state index contributed by atoms with van der Waals surface area (Å²) in [5.41, 5.74) is 6.91. The molecule has 1 rings (SSSR count). The van der Waals surface area contributed by atoms with Gasteiger partial charge in [-0.2, -0.15) is 0 Å². The quantitative estimate of drug-likeness (QED) is 0.772. The van der Waals surface area contributed by atoms with Crippen LogP contribution < -0.4 is 5.73 Å². The maximum Gasteiger partial charge on any atom is 0.0871 e. The number of anilines is 1. The van der Waals surface area contributed by atoms with Crippen molar-refractivity contribution in [1.29, 1.82) is 0 Å². The highest BCUT2D eigenvalue weighted by Gasteiger charge is 2.07. The van der Waals surface area contributed by atoms with Gasteiger partial charge < -0.3 is 5.73 Å². The van der Waals surface area contributed by atoms with Crippen molar-refractivity contribution in [3.05, 3.63) is 15.4 Å². The minimum absolute atomic E-state index is 0.558. The monoisotopic (exact) mass is 219 g/mol. The molecular formula is C7H10BrNS. The number of rotatable bonds is 1. The SMILES string of the molecule is CC(C)c1cc(N)sc1Br. The first kappa shape index (κ1) is 8.08. The third-order valence-corrected chi connectivity index (χ3v) is 3.07. The van der Waals surface area contributed by atoms with Crippen molar-refractivity contribution >= 4 is 32.3 Å². The number of hydrogen-bond acceptors (Lipinski definition) is 2. The highest BCUT2D eigenvalue weighted by atomic mass is 79.9. The lowest BCUT2D eigenvalue weighted by atomic mass is 10.1. The fourth-order valence-electron chi connectivity index (χ4n) is 0.795. The average molecular weight is 220 g/mol. The lowest BCUT2D eigenvalue weighted by molar-refractivity contribution is 0.868. The second kappa shape index (κ2) is 2.93. The zero-order valence-electron chi connectivity index (χ0n) is 6.02. The highest BCUT2D eigenvalue weighted by molar-refractivity contribution is 9.11. The van der Waals surface area contributed by atoms with E-state index in [1.807, 2.05) is 6.07 Å². The predicted molar refractivity (Wildman–Crippen MR) is 50.5 cm³/mol. The molecule has 0 atom stereocenters. The topological polar surface area (TPSA) is 26.0 Å². The van der Waals surface area contributed by atoms with Crippen molar-refractivity contribution in [1.82, 2.24) is 0 Å². The van der Waals surface area contributed by atoms with E-state index in [0.29, 0.717) is 5.92 Å². The molecule has 56 valence electrons. The second-order valence-corrected chi connectivity index (χ2v) is 4.93. The van der Waals surface area contributed by atoms with Gasteiger partial charge in [-0.05, 0) is 33.5 Å².